The molecule has 0 saturated carbocycles. The molecule has 5 rings (SSSR count). The number of fused-ring (bicyclic) bond motifs is 3. The van der Waals surface area contributed by atoms with Crippen LogP contribution in [-0.2, 0) is 11.2 Å². The first-order valence-electron chi connectivity index (χ1n) is 9.98. The zero-order chi connectivity index (χ0) is 20.0. The second-order valence-corrected chi connectivity index (χ2v) is 8.02. The van der Waals surface area contributed by atoms with Gasteiger partial charge in [0.05, 0.1) is 29.5 Å². The molecule has 1 amide bonds. The standard InChI is InChI=1S/C22H22N6O/c1-14-8-17-11-27(22-18-6-7-24-21(18)25-13-26-22)12-19(14)28(17)20(29)9-15-4-2-3-5-16(15)10-23/h2-7,13-14,17,19H,8-9,11-12H2,1H3,(H,24,25,26). The van der Waals surface area contributed by atoms with Crippen molar-refractivity contribution in [1.82, 2.24) is 19.9 Å². The molecule has 2 aromatic heterocycles. The predicted molar refractivity (Wildman–Crippen MR) is 109 cm³/mol. The summed E-state index contributed by atoms with van der Waals surface area (Å²) in [5, 5.41) is 10.3. The van der Waals surface area contributed by atoms with Crippen LogP contribution in [0, 0.1) is 17.2 Å². The number of amides is 1. The van der Waals surface area contributed by atoms with E-state index >= 15 is 0 Å². The van der Waals surface area contributed by atoms with Gasteiger partial charge in [-0.1, -0.05) is 25.1 Å². The van der Waals surface area contributed by atoms with Crippen molar-refractivity contribution >= 4 is 22.8 Å². The summed E-state index contributed by atoms with van der Waals surface area (Å²) in [5.41, 5.74) is 2.22. The molecule has 0 radical (unpaired) electrons. The van der Waals surface area contributed by atoms with E-state index in [1.165, 1.54) is 0 Å². The van der Waals surface area contributed by atoms with E-state index in [1.807, 2.05) is 30.5 Å². The maximum absolute atomic E-state index is 13.2. The van der Waals surface area contributed by atoms with Gasteiger partial charge in [0.25, 0.3) is 0 Å². The number of nitrogens with zero attached hydrogens (tertiary/aromatic N) is 5. The number of aromatic nitrogens is 3. The largest absolute Gasteiger partial charge is 0.352 e. The van der Waals surface area contributed by atoms with Crippen LogP contribution in [0.25, 0.3) is 11.0 Å². The van der Waals surface area contributed by atoms with Gasteiger partial charge in [-0.3, -0.25) is 4.79 Å². The van der Waals surface area contributed by atoms with Gasteiger partial charge >= 0.3 is 0 Å². The summed E-state index contributed by atoms with van der Waals surface area (Å²) in [7, 11) is 0. The van der Waals surface area contributed by atoms with Crippen LogP contribution in [0.5, 0.6) is 0 Å². The maximum atomic E-state index is 13.2. The lowest BCUT2D eigenvalue weighted by molar-refractivity contribution is -0.134. The Labute approximate surface area is 169 Å². The number of aromatic amines is 1. The first-order valence-corrected chi connectivity index (χ1v) is 9.98. The molecule has 2 saturated heterocycles. The molecule has 29 heavy (non-hydrogen) atoms. The number of nitrogens with one attached hydrogen (secondary N) is 1. The van der Waals surface area contributed by atoms with Crippen molar-refractivity contribution in [2.75, 3.05) is 18.0 Å². The molecular weight excluding hydrogens is 364 g/mol. The minimum atomic E-state index is 0.112. The van der Waals surface area contributed by atoms with E-state index in [4.69, 9.17) is 0 Å². The number of rotatable bonds is 3. The Morgan fingerprint density at radius 3 is 2.97 bits per heavy atom. The van der Waals surface area contributed by atoms with Crippen LogP contribution < -0.4 is 4.90 Å². The maximum Gasteiger partial charge on any atom is 0.227 e. The lowest BCUT2D eigenvalue weighted by Crippen LogP contribution is -2.57. The molecule has 3 aromatic rings. The van der Waals surface area contributed by atoms with Gasteiger partial charge in [-0.25, -0.2) is 9.97 Å². The summed E-state index contributed by atoms with van der Waals surface area (Å²) in [5.74, 6) is 1.48. The first-order chi connectivity index (χ1) is 14.2. The molecule has 7 heteroatoms. The molecule has 2 aliphatic rings. The summed E-state index contributed by atoms with van der Waals surface area (Å²) >= 11 is 0. The fourth-order valence-corrected chi connectivity index (χ4v) is 4.94. The minimum absolute atomic E-state index is 0.112. The normalized spacial score (nSPS) is 23.4. The number of carbonyl (C=O) groups is 1. The Morgan fingerprint density at radius 1 is 1.28 bits per heavy atom. The van der Waals surface area contributed by atoms with Crippen molar-refractivity contribution in [3.05, 3.63) is 54.0 Å². The molecule has 0 spiro atoms. The second kappa shape index (κ2) is 6.89. The summed E-state index contributed by atoms with van der Waals surface area (Å²) < 4.78 is 0. The quantitative estimate of drug-likeness (QED) is 0.747. The number of piperazine rings is 1. The van der Waals surface area contributed by atoms with Gasteiger partial charge in [-0.05, 0) is 30.0 Å². The SMILES string of the molecule is CC1CC2CN(c3ncnc4[nH]ccc34)CC1N2C(=O)Cc1ccccc1C#N. The number of anilines is 1. The third-order valence-corrected chi connectivity index (χ3v) is 6.29. The minimum Gasteiger partial charge on any atom is -0.352 e. The lowest BCUT2D eigenvalue weighted by atomic mass is 10.0. The highest BCUT2D eigenvalue weighted by Crippen LogP contribution is 2.37. The number of carbonyl (C=O) groups excluding carboxylic acids is 1. The Morgan fingerprint density at radius 2 is 2.14 bits per heavy atom. The van der Waals surface area contributed by atoms with Crippen molar-refractivity contribution in [3.8, 4) is 6.07 Å². The molecule has 2 bridgehead atoms. The third-order valence-electron chi connectivity index (χ3n) is 6.29. The topological polar surface area (TPSA) is 88.9 Å². The van der Waals surface area contributed by atoms with E-state index in [9.17, 15) is 10.1 Å². The highest BCUT2D eigenvalue weighted by Gasteiger charge is 2.46. The van der Waals surface area contributed by atoms with Gasteiger partial charge in [-0.2, -0.15) is 5.26 Å². The Kier molecular flexibility index (Phi) is 4.20. The van der Waals surface area contributed by atoms with E-state index in [-0.39, 0.29) is 24.4 Å². The third kappa shape index (κ3) is 2.92. The van der Waals surface area contributed by atoms with Gasteiger partial charge in [0.2, 0.25) is 5.91 Å². The molecule has 146 valence electrons. The van der Waals surface area contributed by atoms with Crippen LogP contribution in [0.15, 0.2) is 42.9 Å². The van der Waals surface area contributed by atoms with Crippen LogP contribution >= 0.6 is 0 Å². The number of benzene rings is 1. The van der Waals surface area contributed by atoms with Crippen LogP contribution in [-0.4, -0.2) is 50.9 Å². The molecule has 3 unspecified atom stereocenters. The van der Waals surface area contributed by atoms with E-state index in [2.05, 4.69) is 37.7 Å². The summed E-state index contributed by atoms with van der Waals surface area (Å²) in [6.07, 6.45) is 4.75. The monoisotopic (exact) mass is 386 g/mol. The smallest absolute Gasteiger partial charge is 0.227 e. The van der Waals surface area contributed by atoms with Gasteiger partial charge in [-0.15, -0.1) is 0 Å². The first kappa shape index (κ1) is 17.7. The number of hydrogen-bond donors (Lipinski definition) is 1. The molecule has 3 atom stereocenters. The average molecular weight is 386 g/mol. The van der Waals surface area contributed by atoms with Gasteiger partial charge in [0.15, 0.2) is 0 Å². The van der Waals surface area contributed by atoms with Crippen molar-refractivity contribution in [2.24, 2.45) is 5.92 Å². The average Bonchev–Trinajstić information content (AvgIpc) is 3.29. The van der Waals surface area contributed by atoms with Gasteiger partial charge < -0.3 is 14.8 Å². The molecule has 1 aromatic carbocycles. The lowest BCUT2D eigenvalue weighted by Gasteiger charge is -2.42. The molecule has 1 N–H and O–H groups in total. The van der Waals surface area contributed by atoms with E-state index < -0.39 is 0 Å². The molecule has 0 aliphatic carbocycles. The van der Waals surface area contributed by atoms with E-state index in [0.717, 1.165) is 41.9 Å². The molecule has 4 heterocycles. The van der Waals surface area contributed by atoms with E-state index in [1.54, 1.807) is 12.4 Å². The zero-order valence-electron chi connectivity index (χ0n) is 16.2. The Hall–Kier alpha value is -3.40. The van der Waals surface area contributed by atoms with Crippen molar-refractivity contribution in [3.63, 3.8) is 0 Å². The summed E-state index contributed by atoms with van der Waals surface area (Å²) in [4.78, 5) is 29.6. The summed E-state index contributed by atoms with van der Waals surface area (Å²) in [6.45, 7) is 3.76. The van der Waals surface area contributed by atoms with Crippen LogP contribution in [0.4, 0.5) is 5.82 Å². The Balaban J connectivity index is 1.40. The van der Waals surface area contributed by atoms with Gasteiger partial charge in [0.1, 0.15) is 17.8 Å². The fraction of sp³-hybridized carbons (Fsp3) is 0.364. The number of H-pyrrole nitrogens is 1. The highest BCUT2D eigenvalue weighted by atomic mass is 16.2. The fourth-order valence-electron chi connectivity index (χ4n) is 4.94. The molecule has 2 aliphatic heterocycles. The van der Waals surface area contributed by atoms with Crippen LogP contribution in [0.1, 0.15) is 24.5 Å². The van der Waals surface area contributed by atoms with Crippen LogP contribution in [0.2, 0.25) is 0 Å². The second-order valence-electron chi connectivity index (χ2n) is 8.02. The predicted octanol–water partition coefficient (Wildman–Crippen LogP) is 2.50. The Bertz CT molecular complexity index is 1120. The number of hydrogen-bond acceptors (Lipinski definition) is 5. The van der Waals surface area contributed by atoms with Crippen LogP contribution in [0.3, 0.4) is 0 Å². The van der Waals surface area contributed by atoms with Crippen molar-refractivity contribution in [1.29, 1.82) is 5.26 Å². The number of nitriles is 1. The van der Waals surface area contributed by atoms with Crippen molar-refractivity contribution < 1.29 is 4.79 Å². The summed E-state index contributed by atoms with van der Waals surface area (Å²) in [6, 6.07) is 11.9. The molecular formula is C22H22N6O. The highest BCUT2D eigenvalue weighted by molar-refractivity contribution is 5.87. The molecule has 7 nitrogen and oxygen atoms in total. The zero-order valence-corrected chi connectivity index (χ0v) is 16.2. The van der Waals surface area contributed by atoms with E-state index in [0.29, 0.717) is 11.5 Å². The molecule has 2 fully saturated rings. The van der Waals surface area contributed by atoms with Crippen molar-refractivity contribution in [2.45, 2.75) is 31.8 Å². The van der Waals surface area contributed by atoms with Gasteiger partial charge in [0, 0.05) is 25.3 Å².